The van der Waals surface area contributed by atoms with Crippen molar-refractivity contribution in [3.8, 4) is 0 Å². The van der Waals surface area contributed by atoms with Crippen LogP contribution >= 0.6 is 15.6 Å². The molecule has 0 aromatic rings. The van der Waals surface area contributed by atoms with Gasteiger partial charge in [-0.15, -0.1) is 0 Å². The lowest BCUT2D eigenvalue weighted by molar-refractivity contribution is -0.161. The van der Waals surface area contributed by atoms with Gasteiger partial charge >= 0.3 is 39.5 Å². The number of hydrogen-bond donors (Lipinski definition) is 3. The lowest BCUT2D eigenvalue weighted by Crippen LogP contribution is -2.30. The van der Waals surface area contributed by atoms with Crippen molar-refractivity contribution in [1.29, 1.82) is 0 Å². The second-order valence-corrected chi connectivity index (χ2v) is 31.9. The first-order valence-corrected chi connectivity index (χ1v) is 42.8. The van der Waals surface area contributed by atoms with E-state index in [1.165, 1.54) is 186 Å². The Labute approximate surface area is 588 Å². The molecule has 19 heteroatoms. The molecule has 0 aromatic carbocycles. The molecule has 0 saturated heterocycles. The van der Waals surface area contributed by atoms with Gasteiger partial charge in [0.2, 0.25) is 0 Å². The van der Waals surface area contributed by atoms with Gasteiger partial charge in [-0.1, -0.05) is 338 Å². The lowest BCUT2D eigenvalue weighted by atomic mass is 9.99. The standard InChI is InChI=1S/C77H150O17P2/c1-9-68(6)54-46-38-30-24-20-18-16-14-12-13-15-17-19-21-26-32-41-49-57-74(79)87-64-73(94-77(82)60-52-44-36-35-40-48-56-70(8)11-3)66-92-96(85,86)90-62-71(78)61-89-95(83,84)91-65-72(63-88-75(80)58-50-42-34-28-29-37-45-53-67(4)5)93-76(81)59-51-43-33-27-23-22-25-31-39-47-55-69(7)10-2/h67-73,78H,9-66H2,1-8H3,(H,83,84)(H,85,86)/t68?,69?,70?,71?,72-,73-/m1/s1. The van der Waals surface area contributed by atoms with Crippen LogP contribution in [-0.2, 0) is 65.4 Å². The predicted molar refractivity (Wildman–Crippen MR) is 391 cm³/mol. The van der Waals surface area contributed by atoms with Crippen LogP contribution in [-0.4, -0.2) is 96.7 Å². The van der Waals surface area contributed by atoms with E-state index in [0.29, 0.717) is 31.6 Å². The van der Waals surface area contributed by atoms with Gasteiger partial charge in [0.1, 0.15) is 19.3 Å². The van der Waals surface area contributed by atoms with E-state index in [9.17, 15) is 43.2 Å². The highest BCUT2D eigenvalue weighted by Gasteiger charge is 2.30. The molecule has 570 valence electrons. The maximum atomic E-state index is 13.1. The number of phosphoric acid groups is 2. The molecule has 0 aromatic heterocycles. The number of carbonyl (C=O) groups excluding carboxylic acids is 4. The fourth-order valence-corrected chi connectivity index (χ4v) is 13.2. The average molecular weight is 1410 g/mol. The highest BCUT2D eigenvalue weighted by atomic mass is 31.2. The molecule has 0 radical (unpaired) electrons. The van der Waals surface area contributed by atoms with Crippen molar-refractivity contribution in [2.75, 3.05) is 39.6 Å². The molecule has 0 amide bonds. The van der Waals surface area contributed by atoms with E-state index >= 15 is 0 Å². The van der Waals surface area contributed by atoms with Gasteiger partial charge in [0.25, 0.3) is 0 Å². The minimum atomic E-state index is -4.96. The van der Waals surface area contributed by atoms with E-state index < -0.39 is 97.5 Å². The number of ether oxygens (including phenoxy) is 4. The molecule has 96 heavy (non-hydrogen) atoms. The topological polar surface area (TPSA) is 237 Å². The summed E-state index contributed by atoms with van der Waals surface area (Å²) in [5.74, 6) is 0.977. The third kappa shape index (κ3) is 66.6. The van der Waals surface area contributed by atoms with Crippen LogP contribution in [0.15, 0.2) is 0 Å². The zero-order chi connectivity index (χ0) is 71.0. The Morgan fingerprint density at radius 2 is 0.500 bits per heavy atom. The number of unbranched alkanes of at least 4 members (excludes halogenated alkanes) is 37. The quantitative estimate of drug-likeness (QED) is 0.0222. The van der Waals surface area contributed by atoms with Crippen LogP contribution < -0.4 is 0 Å². The molecule has 0 heterocycles. The molecule has 0 aliphatic carbocycles. The Kier molecular flexibility index (Phi) is 65.0. The van der Waals surface area contributed by atoms with E-state index in [1.54, 1.807) is 0 Å². The van der Waals surface area contributed by atoms with Crippen LogP contribution in [0.25, 0.3) is 0 Å². The molecule has 0 bridgehead atoms. The molecule has 0 aliphatic rings. The normalized spacial score (nSPS) is 15.0. The Morgan fingerprint density at radius 3 is 0.740 bits per heavy atom. The van der Waals surface area contributed by atoms with Crippen LogP contribution in [0.1, 0.15) is 389 Å². The van der Waals surface area contributed by atoms with Crippen molar-refractivity contribution < 1.29 is 80.2 Å². The number of esters is 4. The van der Waals surface area contributed by atoms with E-state index in [0.717, 1.165) is 114 Å². The molecule has 0 spiro atoms. The Hall–Kier alpha value is -1.94. The van der Waals surface area contributed by atoms with Crippen molar-refractivity contribution >= 4 is 39.5 Å². The third-order valence-corrected chi connectivity index (χ3v) is 20.8. The minimum Gasteiger partial charge on any atom is -0.462 e. The smallest absolute Gasteiger partial charge is 0.462 e. The SMILES string of the molecule is CCC(C)CCCCCCCCCCCCCCCCCCCCC(=O)OC[C@H](COP(=O)(O)OCC(O)COP(=O)(O)OC[C@@H](COC(=O)CCCCCCCCCC(C)C)OC(=O)CCCCCCCCCCCCC(C)CC)OC(=O)CCCCCCCCC(C)CC. The number of phosphoric ester groups is 2. The summed E-state index contributed by atoms with van der Waals surface area (Å²) >= 11 is 0. The molecular weight excluding hydrogens is 1260 g/mol. The lowest BCUT2D eigenvalue weighted by Gasteiger charge is -2.21. The van der Waals surface area contributed by atoms with Gasteiger partial charge in [0.05, 0.1) is 26.4 Å². The number of carbonyl (C=O) groups is 4. The summed E-state index contributed by atoms with van der Waals surface area (Å²) in [6, 6.07) is 0. The van der Waals surface area contributed by atoms with Gasteiger partial charge in [-0.25, -0.2) is 9.13 Å². The van der Waals surface area contributed by atoms with Gasteiger partial charge < -0.3 is 33.8 Å². The Bertz CT molecular complexity index is 1890. The van der Waals surface area contributed by atoms with Crippen LogP contribution in [0.5, 0.6) is 0 Å². The summed E-state index contributed by atoms with van der Waals surface area (Å²) in [5.41, 5.74) is 0. The van der Waals surface area contributed by atoms with Gasteiger partial charge in [-0.2, -0.15) is 0 Å². The number of rotatable bonds is 74. The molecule has 3 N–H and O–H groups in total. The molecule has 0 fully saturated rings. The fourth-order valence-electron chi connectivity index (χ4n) is 11.6. The first kappa shape index (κ1) is 94.1. The molecule has 0 saturated carbocycles. The number of hydrogen-bond acceptors (Lipinski definition) is 15. The zero-order valence-electron chi connectivity index (χ0n) is 63.0. The second kappa shape index (κ2) is 66.3. The monoisotopic (exact) mass is 1410 g/mol. The number of aliphatic hydroxyl groups is 1. The first-order chi connectivity index (χ1) is 46.2. The zero-order valence-corrected chi connectivity index (χ0v) is 64.8. The summed E-state index contributed by atoms with van der Waals surface area (Å²) in [4.78, 5) is 72.8. The largest absolute Gasteiger partial charge is 0.472 e. The van der Waals surface area contributed by atoms with Crippen molar-refractivity contribution in [2.24, 2.45) is 23.7 Å². The predicted octanol–water partition coefficient (Wildman–Crippen LogP) is 22.4. The van der Waals surface area contributed by atoms with Gasteiger partial charge in [-0.05, 0) is 49.4 Å². The van der Waals surface area contributed by atoms with Crippen molar-refractivity contribution in [1.82, 2.24) is 0 Å². The maximum Gasteiger partial charge on any atom is 0.472 e. The van der Waals surface area contributed by atoms with Crippen LogP contribution in [0.2, 0.25) is 0 Å². The van der Waals surface area contributed by atoms with Crippen molar-refractivity contribution in [2.45, 2.75) is 408 Å². The van der Waals surface area contributed by atoms with Gasteiger partial charge in [-0.3, -0.25) is 37.3 Å². The van der Waals surface area contributed by atoms with E-state index in [2.05, 4.69) is 55.4 Å². The van der Waals surface area contributed by atoms with Crippen molar-refractivity contribution in [3.63, 3.8) is 0 Å². The molecule has 0 rings (SSSR count). The molecule has 8 atom stereocenters. The van der Waals surface area contributed by atoms with Gasteiger partial charge in [0.15, 0.2) is 12.2 Å². The minimum absolute atomic E-state index is 0.103. The summed E-state index contributed by atoms with van der Waals surface area (Å²) < 4.78 is 68.5. The maximum absolute atomic E-state index is 13.1. The van der Waals surface area contributed by atoms with Crippen LogP contribution in [0, 0.1) is 23.7 Å². The summed E-state index contributed by atoms with van der Waals surface area (Å²) in [6.45, 7) is 14.2. The fraction of sp³-hybridized carbons (Fsp3) is 0.948. The van der Waals surface area contributed by atoms with E-state index in [-0.39, 0.29) is 25.7 Å². The summed E-state index contributed by atoms with van der Waals surface area (Å²) in [6.07, 6.45) is 51.5. The third-order valence-electron chi connectivity index (χ3n) is 18.9. The van der Waals surface area contributed by atoms with E-state index in [4.69, 9.17) is 37.0 Å². The molecule has 17 nitrogen and oxygen atoms in total. The Balaban J connectivity index is 5.14. The summed E-state index contributed by atoms with van der Waals surface area (Å²) in [7, 11) is -9.91. The second-order valence-electron chi connectivity index (χ2n) is 28.9. The summed E-state index contributed by atoms with van der Waals surface area (Å²) in [5, 5.41) is 10.6. The highest BCUT2D eigenvalue weighted by Crippen LogP contribution is 2.45. The Morgan fingerprint density at radius 1 is 0.292 bits per heavy atom. The van der Waals surface area contributed by atoms with Crippen LogP contribution in [0.3, 0.4) is 0 Å². The van der Waals surface area contributed by atoms with Gasteiger partial charge in [0, 0.05) is 25.7 Å². The van der Waals surface area contributed by atoms with Crippen LogP contribution in [0.4, 0.5) is 0 Å². The number of aliphatic hydroxyl groups excluding tert-OH is 1. The highest BCUT2D eigenvalue weighted by molar-refractivity contribution is 7.47. The molecule has 6 unspecified atom stereocenters. The average Bonchev–Trinajstić information content (AvgIpc) is 1.97. The van der Waals surface area contributed by atoms with Crippen molar-refractivity contribution in [3.05, 3.63) is 0 Å². The first-order valence-electron chi connectivity index (χ1n) is 39.8. The molecular formula is C77H150O17P2. The van der Waals surface area contributed by atoms with E-state index in [1.807, 2.05) is 0 Å². The molecule has 0 aliphatic heterocycles.